The number of benzene rings is 3. The number of fused-ring (bicyclic) bond motifs is 1. The molecular weight excluding hydrogens is 410 g/mol. The normalized spacial score (nSPS) is 12.1. The fourth-order valence-corrected chi connectivity index (χ4v) is 3.49. The maximum absolute atomic E-state index is 4.48. The molecule has 1 atom stereocenters. The number of para-hydroxylation sites is 1. The molecule has 0 aliphatic carbocycles. The molecule has 0 spiro atoms. The van der Waals surface area contributed by atoms with E-state index < -0.39 is 0 Å². The van der Waals surface area contributed by atoms with Crippen LogP contribution in [0.1, 0.15) is 18.9 Å². The number of nitrogens with one attached hydrogen (secondary N) is 1. The Bertz CT molecular complexity index is 1080. The van der Waals surface area contributed by atoms with Crippen molar-refractivity contribution in [3.63, 3.8) is 0 Å². The molecule has 0 amide bonds. The monoisotopic (exact) mass is 431 g/mol. The van der Waals surface area contributed by atoms with E-state index in [1.165, 1.54) is 16.7 Å². The van der Waals surface area contributed by atoms with Gasteiger partial charge in [-0.15, -0.1) is 0 Å². The molecule has 0 fully saturated rings. The lowest BCUT2D eigenvalue weighted by molar-refractivity contribution is 0.822. The maximum atomic E-state index is 4.48. The molecule has 4 aromatic rings. The zero-order valence-electron chi connectivity index (χ0n) is 15.8. The molecule has 0 aliphatic heterocycles. The summed E-state index contributed by atoms with van der Waals surface area (Å²) in [6, 6.07) is 25.2. The van der Waals surface area contributed by atoms with Crippen molar-refractivity contribution in [1.29, 1.82) is 0 Å². The number of nitrogens with zero attached hydrogens (tertiary/aromatic N) is 2. The molecule has 0 saturated heterocycles. The SMILES string of the molecule is CC(Br)CCc1cccc(-c2ccc3ncnc(Nc4ccccc4)c3c2)c1. The van der Waals surface area contributed by atoms with Gasteiger partial charge in [0.1, 0.15) is 12.1 Å². The lowest BCUT2D eigenvalue weighted by Gasteiger charge is -2.11. The standard InChI is InChI=1S/C24H22BrN3/c1-17(25)10-11-18-6-5-7-19(14-18)20-12-13-23-22(15-20)24(27-16-26-23)28-21-8-3-2-4-9-21/h2-9,12-17H,10-11H2,1H3,(H,26,27,28). The van der Waals surface area contributed by atoms with Gasteiger partial charge in [-0.25, -0.2) is 9.97 Å². The molecule has 3 nitrogen and oxygen atoms in total. The van der Waals surface area contributed by atoms with Gasteiger partial charge in [0.05, 0.1) is 5.52 Å². The van der Waals surface area contributed by atoms with E-state index >= 15 is 0 Å². The van der Waals surface area contributed by atoms with Crippen LogP contribution < -0.4 is 5.32 Å². The molecule has 28 heavy (non-hydrogen) atoms. The highest BCUT2D eigenvalue weighted by Crippen LogP contribution is 2.29. The molecule has 0 aliphatic rings. The first-order valence-electron chi connectivity index (χ1n) is 9.49. The van der Waals surface area contributed by atoms with Crippen LogP contribution in [0.25, 0.3) is 22.0 Å². The molecule has 0 radical (unpaired) electrons. The number of aromatic nitrogens is 2. The Labute approximate surface area is 174 Å². The fourth-order valence-electron chi connectivity index (χ4n) is 3.27. The number of hydrogen-bond donors (Lipinski definition) is 1. The Balaban J connectivity index is 1.69. The van der Waals surface area contributed by atoms with Crippen molar-refractivity contribution in [3.8, 4) is 11.1 Å². The molecule has 1 unspecified atom stereocenters. The summed E-state index contributed by atoms with van der Waals surface area (Å²) in [7, 11) is 0. The van der Waals surface area contributed by atoms with Gasteiger partial charge < -0.3 is 5.32 Å². The quantitative estimate of drug-likeness (QED) is 0.342. The average Bonchev–Trinajstić information content (AvgIpc) is 2.73. The summed E-state index contributed by atoms with van der Waals surface area (Å²) in [6.45, 7) is 2.19. The third-order valence-corrected chi connectivity index (χ3v) is 5.22. The van der Waals surface area contributed by atoms with E-state index in [-0.39, 0.29) is 0 Å². The van der Waals surface area contributed by atoms with Crippen molar-refractivity contribution in [2.75, 3.05) is 5.32 Å². The molecule has 0 bridgehead atoms. The first kappa shape index (κ1) is 18.6. The second-order valence-electron chi connectivity index (χ2n) is 6.97. The molecule has 4 rings (SSSR count). The zero-order valence-corrected chi connectivity index (χ0v) is 17.4. The molecule has 1 N–H and O–H groups in total. The highest BCUT2D eigenvalue weighted by atomic mass is 79.9. The summed E-state index contributed by atoms with van der Waals surface area (Å²) in [5, 5.41) is 4.43. The van der Waals surface area contributed by atoms with Gasteiger partial charge in [0.25, 0.3) is 0 Å². The van der Waals surface area contributed by atoms with Crippen molar-refractivity contribution in [2.45, 2.75) is 24.6 Å². The molecule has 1 heterocycles. The Kier molecular flexibility index (Phi) is 5.68. The molecule has 4 heteroatoms. The van der Waals surface area contributed by atoms with Crippen LogP contribution in [0.3, 0.4) is 0 Å². The lowest BCUT2D eigenvalue weighted by Crippen LogP contribution is -1.96. The van der Waals surface area contributed by atoms with Crippen LogP contribution in [0, 0.1) is 0 Å². The number of anilines is 2. The Morgan fingerprint density at radius 1 is 0.893 bits per heavy atom. The number of hydrogen-bond acceptors (Lipinski definition) is 3. The Morgan fingerprint density at radius 3 is 2.54 bits per heavy atom. The van der Waals surface area contributed by atoms with Crippen LogP contribution in [0.2, 0.25) is 0 Å². The maximum Gasteiger partial charge on any atom is 0.141 e. The summed E-state index contributed by atoms with van der Waals surface area (Å²) in [4.78, 5) is 9.43. The van der Waals surface area contributed by atoms with Crippen molar-refractivity contribution in [2.24, 2.45) is 0 Å². The summed E-state index contributed by atoms with van der Waals surface area (Å²) < 4.78 is 0. The van der Waals surface area contributed by atoms with Gasteiger partial charge >= 0.3 is 0 Å². The largest absolute Gasteiger partial charge is 0.340 e. The van der Waals surface area contributed by atoms with Crippen molar-refractivity contribution in [1.82, 2.24) is 9.97 Å². The minimum Gasteiger partial charge on any atom is -0.340 e. The van der Waals surface area contributed by atoms with Crippen LogP contribution in [0.4, 0.5) is 11.5 Å². The second-order valence-corrected chi connectivity index (χ2v) is 8.53. The van der Waals surface area contributed by atoms with Crippen LogP contribution in [-0.4, -0.2) is 14.8 Å². The predicted octanol–water partition coefficient (Wildman–Crippen LogP) is 6.76. The van der Waals surface area contributed by atoms with Gasteiger partial charge in [0.2, 0.25) is 0 Å². The number of alkyl halides is 1. The summed E-state index contributed by atoms with van der Waals surface area (Å²) in [6.07, 6.45) is 3.80. The third-order valence-electron chi connectivity index (χ3n) is 4.76. The lowest BCUT2D eigenvalue weighted by atomic mass is 9.99. The van der Waals surface area contributed by atoms with Crippen LogP contribution in [0.5, 0.6) is 0 Å². The topological polar surface area (TPSA) is 37.8 Å². The zero-order chi connectivity index (χ0) is 19.3. The van der Waals surface area contributed by atoms with Crippen molar-refractivity contribution in [3.05, 3.63) is 84.7 Å². The van der Waals surface area contributed by atoms with E-state index in [0.717, 1.165) is 35.2 Å². The summed E-state index contributed by atoms with van der Waals surface area (Å²) in [5.74, 6) is 0.822. The third kappa shape index (κ3) is 4.39. The molecule has 3 aromatic carbocycles. The first-order chi connectivity index (χ1) is 13.7. The molecular formula is C24H22BrN3. The van der Waals surface area contributed by atoms with E-state index in [1.54, 1.807) is 6.33 Å². The molecule has 1 aromatic heterocycles. The van der Waals surface area contributed by atoms with Gasteiger partial charge in [-0.3, -0.25) is 0 Å². The van der Waals surface area contributed by atoms with E-state index in [9.17, 15) is 0 Å². The van der Waals surface area contributed by atoms with Gasteiger partial charge in [0.15, 0.2) is 0 Å². The van der Waals surface area contributed by atoms with Gasteiger partial charge in [-0.1, -0.05) is 71.4 Å². The first-order valence-corrected chi connectivity index (χ1v) is 10.4. The second kappa shape index (κ2) is 8.53. The van der Waals surface area contributed by atoms with Crippen LogP contribution in [0.15, 0.2) is 79.1 Å². The minimum atomic E-state index is 0.528. The summed E-state index contributed by atoms with van der Waals surface area (Å²) >= 11 is 3.64. The Hall–Kier alpha value is -2.72. The Morgan fingerprint density at radius 2 is 1.71 bits per heavy atom. The van der Waals surface area contributed by atoms with Crippen molar-refractivity contribution < 1.29 is 0 Å². The van der Waals surface area contributed by atoms with E-state index in [4.69, 9.17) is 0 Å². The molecule has 140 valence electrons. The van der Waals surface area contributed by atoms with Gasteiger partial charge in [-0.2, -0.15) is 0 Å². The van der Waals surface area contributed by atoms with E-state index in [0.29, 0.717) is 4.83 Å². The van der Waals surface area contributed by atoms with Crippen molar-refractivity contribution >= 4 is 38.3 Å². The number of halogens is 1. The number of aryl methyl sites for hydroxylation is 1. The predicted molar refractivity (Wildman–Crippen MR) is 121 cm³/mol. The summed E-state index contributed by atoms with van der Waals surface area (Å²) in [5.41, 5.74) is 5.69. The minimum absolute atomic E-state index is 0.528. The fraction of sp³-hybridized carbons (Fsp3) is 0.167. The molecule has 0 saturated carbocycles. The van der Waals surface area contributed by atoms with Gasteiger partial charge in [0, 0.05) is 15.9 Å². The smallest absolute Gasteiger partial charge is 0.141 e. The highest BCUT2D eigenvalue weighted by Gasteiger charge is 2.08. The highest BCUT2D eigenvalue weighted by molar-refractivity contribution is 9.09. The van der Waals surface area contributed by atoms with Gasteiger partial charge in [-0.05, 0) is 53.8 Å². The van der Waals surface area contributed by atoms with Crippen LogP contribution in [-0.2, 0) is 6.42 Å². The average molecular weight is 432 g/mol. The van der Waals surface area contributed by atoms with E-state index in [2.05, 4.69) is 80.6 Å². The number of rotatable bonds is 6. The van der Waals surface area contributed by atoms with E-state index in [1.807, 2.05) is 30.3 Å². The van der Waals surface area contributed by atoms with Crippen LogP contribution >= 0.6 is 15.9 Å².